The fourth-order valence-corrected chi connectivity index (χ4v) is 3.67. The molecule has 1 heterocycles. The highest BCUT2D eigenvalue weighted by Crippen LogP contribution is 2.33. The lowest BCUT2D eigenvalue weighted by atomic mass is 10.00. The van der Waals surface area contributed by atoms with E-state index in [4.69, 9.17) is 19.0 Å². The lowest BCUT2D eigenvalue weighted by Crippen LogP contribution is -2.51. The first-order valence-corrected chi connectivity index (χ1v) is 11.2. The number of amides is 2. The zero-order valence-corrected chi connectivity index (χ0v) is 20.4. The third kappa shape index (κ3) is 6.21. The topological polar surface area (TPSA) is 144 Å². The molecule has 3 rings (SSSR count). The maximum Gasteiger partial charge on any atom is 0.336 e. The lowest BCUT2D eigenvalue weighted by molar-refractivity contribution is -0.138. The van der Waals surface area contributed by atoms with E-state index < -0.39 is 42.6 Å². The minimum atomic E-state index is -1.19. The van der Waals surface area contributed by atoms with Crippen LogP contribution in [0.3, 0.4) is 0 Å². The number of hydrogen-bond acceptors (Lipinski definition) is 7. The predicted molar refractivity (Wildman–Crippen MR) is 132 cm³/mol. The summed E-state index contributed by atoms with van der Waals surface area (Å²) in [5.41, 5.74) is 1.83. The van der Waals surface area contributed by atoms with Crippen LogP contribution in [0.2, 0.25) is 0 Å². The Bertz CT molecular complexity index is 1330. The molecule has 1 aromatic heterocycles. The van der Waals surface area contributed by atoms with Crippen molar-refractivity contribution in [2.75, 3.05) is 20.3 Å². The molecule has 1 unspecified atom stereocenters. The van der Waals surface area contributed by atoms with E-state index >= 15 is 0 Å². The molecule has 0 aliphatic heterocycles. The molecule has 0 aliphatic carbocycles. The number of nitrogens with one attached hydrogen (secondary N) is 2. The van der Waals surface area contributed by atoms with Crippen molar-refractivity contribution >= 4 is 28.8 Å². The zero-order valence-electron chi connectivity index (χ0n) is 20.4. The molecule has 0 bridgehead atoms. The van der Waals surface area contributed by atoms with Gasteiger partial charge in [0, 0.05) is 17.0 Å². The van der Waals surface area contributed by atoms with Crippen LogP contribution < -0.4 is 25.7 Å². The van der Waals surface area contributed by atoms with Gasteiger partial charge in [-0.25, -0.2) is 4.79 Å². The summed E-state index contributed by atoms with van der Waals surface area (Å²) in [5.74, 6) is -1.60. The summed E-state index contributed by atoms with van der Waals surface area (Å²) in [6, 6.07) is 11.2. The quantitative estimate of drug-likeness (QED) is 0.363. The Morgan fingerprint density at radius 2 is 1.78 bits per heavy atom. The Morgan fingerprint density at radius 1 is 1.08 bits per heavy atom. The number of ether oxygens (including phenoxy) is 2. The first-order valence-electron chi connectivity index (χ1n) is 11.2. The number of benzene rings is 2. The fourth-order valence-electron chi connectivity index (χ4n) is 3.67. The number of carbonyl (C=O) groups is 3. The van der Waals surface area contributed by atoms with Crippen LogP contribution >= 0.6 is 0 Å². The highest BCUT2D eigenvalue weighted by Gasteiger charge is 2.25. The highest BCUT2D eigenvalue weighted by molar-refractivity contribution is 5.96. The summed E-state index contributed by atoms with van der Waals surface area (Å²) in [6.07, 6.45) is 0. The number of carbonyl (C=O) groups excluding carboxylic acids is 2. The van der Waals surface area contributed by atoms with E-state index in [0.717, 1.165) is 5.56 Å². The minimum absolute atomic E-state index is 0.282. The molecular weight excluding hydrogens is 468 g/mol. The zero-order chi connectivity index (χ0) is 26.4. The van der Waals surface area contributed by atoms with Crippen LogP contribution in [-0.4, -0.2) is 49.2 Å². The minimum Gasteiger partial charge on any atom is -0.497 e. The number of methoxy groups -OCH3 is 1. The normalized spacial score (nSPS) is 11.7. The fraction of sp³-hybridized carbons (Fsp3) is 0.308. The Labute approximate surface area is 207 Å². The monoisotopic (exact) mass is 496 g/mol. The van der Waals surface area contributed by atoms with Crippen molar-refractivity contribution in [3.05, 3.63) is 58.4 Å². The Kier molecular flexibility index (Phi) is 8.31. The average Bonchev–Trinajstić information content (AvgIpc) is 2.85. The third-order valence-electron chi connectivity index (χ3n) is 5.55. The molecule has 3 aromatic rings. The van der Waals surface area contributed by atoms with E-state index in [0.29, 0.717) is 33.6 Å². The summed E-state index contributed by atoms with van der Waals surface area (Å²) < 4.78 is 16.3. The first-order chi connectivity index (χ1) is 17.1. The maximum absolute atomic E-state index is 12.5. The van der Waals surface area contributed by atoms with Gasteiger partial charge in [0.25, 0.3) is 5.91 Å². The van der Waals surface area contributed by atoms with Crippen molar-refractivity contribution in [3.63, 3.8) is 0 Å². The number of hydrogen-bond donors (Lipinski definition) is 3. The van der Waals surface area contributed by atoms with Gasteiger partial charge in [0.1, 0.15) is 29.7 Å². The van der Waals surface area contributed by atoms with E-state index in [2.05, 4.69) is 10.6 Å². The molecule has 0 radical (unpaired) electrons. The summed E-state index contributed by atoms with van der Waals surface area (Å²) in [4.78, 5) is 47.7. The summed E-state index contributed by atoms with van der Waals surface area (Å²) in [7, 11) is 1.57. The van der Waals surface area contributed by atoms with Crippen LogP contribution in [0, 0.1) is 12.8 Å². The van der Waals surface area contributed by atoms with Gasteiger partial charge in [-0.05, 0) is 48.2 Å². The van der Waals surface area contributed by atoms with Crippen LogP contribution in [0.4, 0.5) is 0 Å². The second-order valence-electron chi connectivity index (χ2n) is 8.46. The van der Waals surface area contributed by atoms with Gasteiger partial charge in [0.15, 0.2) is 6.61 Å². The lowest BCUT2D eigenvalue weighted by Gasteiger charge is -2.21. The molecule has 0 spiro atoms. The number of aryl methyl sites for hydroxylation is 1. The standard InChI is InChI=1S/C26H28N2O8/c1-14(2)24(26(33)27-12-22(30)31)28-21(29)13-35-20-10-9-18-19(11-23(32)36-25(18)15(20)3)16-5-7-17(34-4)8-6-16/h5-11,14,24H,12-13H2,1-4H3,(H,27,33)(H,28,29)(H,30,31). The molecule has 0 saturated heterocycles. The second-order valence-corrected chi connectivity index (χ2v) is 8.46. The molecule has 10 heteroatoms. The first kappa shape index (κ1) is 26.3. The van der Waals surface area contributed by atoms with E-state index in [1.807, 2.05) is 12.1 Å². The van der Waals surface area contributed by atoms with Gasteiger partial charge in [-0.1, -0.05) is 26.0 Å². The number of carboxylic acids is 1. The molecule has 2 aromatic carbocycles. The van der Waals surface area contributed by atoms with Crippen LogP contribution in [0.15, 0.2) is 51.7 Å². The third-order valence-corrected chi connectivity index (χ3v) is 5.55. The van der Waals surface area contributed by atoms with Gasteiger partial charge < -0.3 is 29.6 Å². The summed E-state index contributed by atoms with van der Waals surface area (Å²) in [5, 5.41) is 14.3. The van der Waals surface area contributed by atoms with Crippen LogP contribution in [0.25, 0.3) is 22.1 Å². The van der Waals surface area contributed by atoms with Crippen LogP contribution in [0.5, 0.6) is 11.5 Å². The summed E-state index contributed by atoms with van der Waals surface area (Å²) in [6.45, 7) is 4.22. The van der Waals surface area contributed by atoms with Gasteiger partial charge in [0.2, 0.25) is 5.91 Å². The smallest absolute Gasteiger partial charge is 0.336 e. The van der Waals surface area contributed by atoms with Gasteiger partial charge >= 0.3 is 11.6 Å². The number of carboxylic acid groups (broad SMARTS) is 1. The van der Waals surface area contributed by atoms with Gasteiger partial charge in [-0.15, -0.1) is 0 Å². The molecule has 3 N–H and O–H groups in total. The molecule has 36 heavy (non-hydrogen) atoms. The number of fused-ring (bicyclic) bond motifs is 1. The van der Waals surface area contributed by atoms with Crippen molar-refractivity contribution in [2.45, 2.75) is 26.8 Å². The van der Waals surface area contributed by atoms with E-state index in [1.165, 1.54) is 6.07 Å². The molecule has 1 atom stereocenters. The van der Waals surface area contributed by atoms with Crippen LogP contribution in [0.1, 0.15) is 19.4 Å². The number of rotatable bonds is 10. The SMILES string of the molecule is COc1ccc(-c2cc(=O)oc3c(C)c(OCC(=O)NC(C(=O)NCC(=O)O)C(C)C)ccc23)cc1. The molecule has 190 valence electrons. The number of aliphatic carboxylic acids is 1. The Balaban J connectivity index is 1.79. The maximum atomic E-state index is 12.5. The van der Waals surface area contributed by atoms with Crippen LogP contribution in [-0.2, 0) is 14.4 Å². The largest absolute Gasteiger partial charge is 0.497 e. The van der Waals surface area contributed by atoms with Gasteiger partial charge in [-0.2, -0.15) is 0 Å². The van der Waals surface area contributed by atoms with Crippen molar-refractivity contribution in [1.82, 2.24) is 10.6 Å². The summed E-state index contributed by atoms with van der Waals surface area (Å²) >= 11 is 0. The van der Waals surface area contributed by atoms with Gasteiger partial charge in [-0.3, -0.25) is 14.4 Å². The molecule has 2 amide bonds. The Hall–Kier alpha value is -4.34. The molecule has 0 fully saturated rings. The van der Waals surface area contributed by atoms with Crippen molar-refractivity contribution in [3.8, 4) is 22.6 Å². The van der Waals surface area contributed by atoms with E-state index in [1.54, 1.807) is 52.1 Å². The molecule has 10 nitrogen and oxygen atoms in total. The van der Waals surface area contributed by atoms with Crippen molar-refractivity contribution < 1.29 is 33.4 Å². The van der Waals surface area contributed by atoms with Crippen molar-refractivity contribution in [1.29, 1.82) is 0 Å². The van der Waals surface area contributed by atoms with Gasteiger partial charge in [0.05, 0.1) is 7.11 Å². The highest BCUT2D eigenvalue weighted by atomic mass is 16.5. The second kappa shape index (κ2) is 11.4. The predicted octanol–water partition coefficient (Wildman–Crippen LogP) is 2.50. The van der Waals surface area contributed by atoms with E-state index in [-0.39, 0.29) is 5.92 Å². The molecule has 0 saturated carbocycles. The Morgan fingerprint density at radius 3 is 2.39 bits per heavy atom. The molecular formula is C26H28N2O8. The average molecular weight is 497 g/mol. The van der Waals surface area contributed by atoms with Crippen molar-refractivity contribution in [2.24, 2.45) is 5.92 Å². The molecule has 0 aliphatic rings. The van der Waals surface area contributed by atoms with E-state index in [9.17, 15) is 19.2 Å².